The number of carbonyl (C=O) groups is 4. The quantitative estimate of drug-likeness (QED) is 0.194. The van der Waals surface area contributed by atoms with E-state index in [1.165, 1.54) is 18.2 Å². The molecule has 0 atom stereocenters. The van der Waals surface area contributed by atoms with Crippen LogP contribution in [0.15, 0.2) is 42.5 Å². The van der Waals surface area contributed by atoms with E-state index in [1.54, 1.807) is 45.0 Å². The molecule has 206 valence electrons. The Morgan fingerprint density at radius 3 is 1.95 bits per heavy atom. The molecule has 2 aromatic rings. The predicted molar refractivity (Wildman–Crippen MR) is 150 cm³/mol. The molecule has 12 heteroatoms. The maximum absolute atomic E-state index is 12.6. The summed E-state index contributed by atoms with van der Waals surface area (Å²) in [4.78, 5) is 48.4. The Morgan fingerprint density at radius 1 is 0.789 bits per heavy atom. The summed E-state index contributed by atoms with van der Waals surface area (Å²) in [5.41, 5.74) is 5.80. The molecule has 0 radical (unpaired) electrons. The number of benzene rings is 2. The number of amides is 4. The van der Waals surface area contributed by atoms with E-state index in [2.05, 4.69) is 38.5 Å². The molecule has 0 aliphatic rings. The first-order chi connectivity index (χ1) is 17.9. The van der Waals surface area contributed by atoms with E-state index in [0.29, 0.717) is 31.9 Å². The molecule has 2 aromatic carbocycles. The smallest absolute Gasteiger partial charge is 0.407 e. The standard InChI is InChI=1S/C26H33IN4O7/c1-26(2,3)38-25(35)30-9-11-37-13-12-36-10-8-29-23(33)19-14-18(22(28)32)15-21(16-19)31-24(34)17-4-6-20(27)7-5-17/h4-7,14-16H,8-13H2,1-3H3,(H2,28,32)(H,29,33)(H,30,35)(H,31,34). The van der Waals surface area contributed by atoms with Crippen molar-refractivity contribution >= 4 is 52.1 Å². The van der Waals surface area contributed by atoms with Crippen molar-refractivity contribution in [3.63, 3.8) is 0 Å². The van der Waals surface area contributed by atoms with E-state index in [-0.39, 0.29) is 35.9 Å². The number of anilines is 1. The molecule has 0 aliphatic heterocycles. The Balaban J connectivity index is 1.73. The SMILES string of the molecule is CC(C)(C)OC(=O)NCCOCCOCCNC(=O)c1cc(NC(=O)c2ccc(I)cc2)cc(C(N)=O)c1. The highest BCUT2D eigenvalue weighted by atomic mass is 127. The normalized spacial score (nSPS) is 10.9. The first-order valence-electron chi connectivity index (χ1n) is 11.9. The number of primary amides is 1. The summed E-state index contributed by atoms with van der Waals surface area (Å²) in [5.74, 6) is -1.56. The van der Waals surface area contributed by atoms with Crippen molar-refractivity contribution in [1.82, 2.24) is 10.6 Å². The van der Waals surface area contributed by atoms with Crippen molar-refractivity contribution in [2.75, 3.05) is 44.8 Å². The van der Waals surface area contributed by atoms with Crippen LogP contribution in [0.5, 0.6) is 0 Å². The van der Waals surface area contributed by atoms with Crippen LogP contribution in [-0.2, 0) is 14.2 Å². The Kier molecular flexibility index (Phi) is 12.4. The van der Waals surface area contributed by atoms with Gasteiger partial charge in [-0.1, -0.05) is 0 Å². The van der Waals surface area contributed by atoms with E-state index in [9.17, 15) is 19.2 Å². The van der Waals surface area contributed by atoms with Gasteiger partial charge in [0.2, 0.25) is 5.91 Å². The van der Waals surface area contributed by atoms with Crippen LogP contribution in [0, 0.1) is 3.57 Å². The van der Waals surface area contributed by atoms with Gasteiger partial charge in [0.25, 0.3) is 11.8 Å². The van der Waals surface area contributed by atoms with Gasteiger partial charge in [-0.3, -0.25) is 14.4 Å². The van der Waals surface area contributed by atoms with Gasteiger partial charge in [-0.25, -0.2) is 4.79 Å². The molecule has 11 nitrogen and oxygen atoms in total. The van der Waals surface area contributed by atoms with Crippen LogP contribution in [0.4, 0.5) is 10.5 Å². The number of carbonyl (C=O) groups excluding carboxylic acids is 4. The molecule has 5 N–H and O–H groups in total. The number of nitrogens with two attached hydrogens (primary N) is 1. The Hall–Kier alpha value is -3.23. The Bertz CT molecular complexity index is 1120. The van der Waals surface area contributed by atoms with Crippen LogP contribution in [0.25, 0.3) is 0 Å². The van der Waals surface area contributed by atoms with Crippen molar-refractivity contribution in [2.24, 2.45) is 5.73 Å². The summed E-state index contributed by atoms with van der Waals surface area (Å²) in [6.07, 6.45) is -0.505. The number of hydrogen-bond donors (Lipinski definition) is 4. The minimum atomic E-state index is -0.728. The fourth-order valence-electron chi connectivity index (χ4n) is 2.98. The van der Waals surface area contributed by atoms with E-state index in [0.717, 1.165) is 3.57 Å². The third kappa shape index (κ3) is 11.9. The second kappa shape index (κ2) is 15.2. The lowest BCUT2D eigenvalue weighted by Crippen LogP contribution is -2.34. The lowest BCUT2D eigenvalue weighted by molar-refractivity contribution is 0.0400. The fourth-order valence-corrected chi connectivity index (χ4v) is 3.34. The molecule has 0 heterocycles. The summed E-state index contributed by atoms with van der Waals surface area (Å²) in [6, 6.07) is 11.2. The third-order valence-corrected chi connectivity index (χ3v) is 5.38. The highest BCUT2D eigenvalue weighted by Crippen LogP contribution is 2.17. The molecule has 4 amide bonds. The average molecular weight is 640 g/mol. The van der Waals surface area contributed by atoms with Gasteiger partial charge in [0.1, 0.15) is 5.60 Å². The van der Waals surface area contributed by atoms with Gasteiger partial charge in [-0.2, -0.15) is 0 Å². The zero-order valence-corrected chi connectivity index (χ0v) is 23.8. The van der Waals surface area contributed by atoms with Crippen LogP contribution in [0.3, 0.4) is 0 Å². The molecule has 0 saturated heterocycles. The van der Waals surface area contributed by atoms with E-state index in [4.69, 9.17) is 19.9 Å². The van der Waals surface area contributed by atoms with E-state index >= 15 is 0 Å². The van der Waals surface area contributed by atoms with Gasteiger partial charge in [0, 0.05) is 39.0 Å². The van der Waals surface area contributed by atoms with Crippen LogP contribution >= 0.6 is 22.6 Å². The number of alkyl carbamates (subject to hydrolysis) is 1. The van der Waals surface area contributed by atoms with Gasteiger partial charge in [0.05, 0.1) is 26.4 Å². The number of hydrogen-bond acceptors (Lipinski definition) is 7. The van der Waals surface area contributed by atoms with Gasteiger partial charge in [0.15, 0.2) is 0 Å². The number of halogens is 1. The maximum Gasteiger partial charge on any atom is 0.407 e. The van der Waals surface area contributed by atoms with E-state index < -0.39 is 23.5 Å². The molecule has 2 rings (SSSR count). The molecule has 0 spiro atoms. The summed E-state index contributed by atoms with van der Waals surface area (Å²) in [5, 5.41) is 7.97. The Labute approximate surface area is 235 Å². The Morgan fingerprint density at radius 2 is 1.37 bits per heavy atom. The lowest BCUT2D eigenvalue weighted by Gasteiger charge is -2.19. The van der Waals surface area contributed by atoms with Crippen molar-refractivity contribution in [3.05, 3.63) is 62.7 Å². The second-order valence-corrected chi connectivity index (χ2v) is 10.3. The van der Waals surface area contributed by atoms with Crippen molar-refractivity contribution in [3.8, 4) is 0 Å². The van der Waals surface area contributed by atoms with Gasteiger partial charge >= 0.3 is 6.09 Å². The zero-order valence-electron chi connectivity index (χ0n) is 21.6. The minimum Gasteiger partial charge on any atom is -0.444 e. The average Bonchev–Trinajstić information content (AvgIpc) is 2.84. The summed E-state index contributed by atoms with van der Waals surface area (Å²) in [6.45, 7) is 7.02. The molecule has 0 saturated carbocycles. The molecular formula is C26H33IN4O7. The van der Waals surface area contributed by atoms with Crippen LogP contribution in [0.1, 0.15) is 51.8 Å². The lowest BCUT2D eigenvalue weighted by atomic mass is 10.1. The molecule has 0 aromatic heterocycles. The van der Waals surface area contributed by atoms with Crippen LogP contribution < -0.4 is 21.7 Å². The fraction of sp³-hybridized carbons (Fsp3) is 0.385. The van der Waals surface area contributed by atoms with Gasteiger partial charge < -0.3 is 35.9 Å². The largest absolute Gasteiger partial charge is 0.444 e. The zero-order chi connectivity index (χ0) is 28.1. The third-order valence-electron chi connectivity index (χ3n) is 4.66. The second-order valence-electron chi connectivity index (χ2n) is 9.03. The van der Waals surface area contributed by atoms with Crippen LogP contribution in [-0.4, -0.2) is 68.9 Å². The van der Waals surface area contributed by atoms with Crippen LogP contribution in [0.2, 0.25) is 0 Å². The monoisotopic (exact) mass is 640 g/mol. The number of rotatable bonds is 13. The molecule has 0 aliphatic carbocycles. The van der Waals surface area contributed by atoms with Gasteiger partial charge in [-0.15, -0.1) is 0 Å². The first-order valence-corrected chi connectivity index (χ1v) is 12.9. The maximum atomic E-state index is 12.6. The summed E-state index contributed by atoms with van der Waals surface area (Å²) in [7, 11) is 0. The minimum absolute atomic E-state index is 0.0881. The molecule has 0 unspecified atom stereocenters. The molecule has 38 heavy (non-hydrogen) atoms. The number of nitrogens with one attached hydrogen (secondary N) is 3. The highest BCUT2D eigenvalue weighted by molar-refractivity contribution is 14.1. The molecular weight excluding hydrogens is 607 g/mol. The predicted octanol–water partition coefficient (Wildman–Crippen LogP) is 2.93. The van der Waals surface area contributed by atoms with Crippen molar-refractivity contribution in [2.45, 2.75) is 26.4 Å². The molecule has 0 fully saturated rings. The first kappa shape index (κ1) is 31.0. The summed E-state index contributed by atoms with van der Waals surface area (Å²) >= 11 is 2.14. The highest BCUT2D eigenvalue weighted by Gasteiger charge is 2.16. The molecule has 0 bridgehead atoms. The van der Waals surface area contributed by atoms with Gasteiger partial charge in [-0.05, 0) is 85.8 Å². The van der Waals surface area contributed by atoms with Crippen molar-refractivity contribution in [1.29, 1.82) is 0 Å². The summed E-state index contributed by atoms with van der Waals surface area (Å²) < 4.78 is 16.9. The van der Waals surface area contributed by atoms with Crippen molar-refractivity contribution < 1.29 is 33.4 Å². The topological polar surface area (TPSA) is 158 Å². The number of ether oxygens (including phenoxy) is 3. The van der Waals surface area contributed by atoms with E-state index in [1.807, 2.05) is 0 Å².